The monoisotopic (exact) mass is 388 g/mol. The Hall–Kier alpha value is -1.16. The molecule has 1 aromatic carbocycles. The Bertz CT molecular complexity index is 843. The lowest BCUT2D eigenvalue weighted by Crippen LogP contribution is -2.52. The van der Waals surface area contributed by atoms with E-state index in [4.69, 9.17) is 4.74 Å². The van der Waals surface area contributed by atoms with E-state index in [0.717, 1.165) is 5.56 Å². The molecular formula is C16H24N2O5S2. The van der Waals surface area contributed by atoms with Crippen LogP contribution >= 0.6 is 0 Å². The molecular weight excluding hydrogens is 364 g/mol. The van der Waals surface area contributed by atoms with Crippen LogP contribution in [0.5, 0.6) is 5.75 Å². The third kappa shape index (κ3) is 3.84. The topological polar surface area (TPSA) is 84.0 Å². The van der Waals surface area contributed by atoms with Crippen molar-refractivity contribution in [1.29, 1.82) is 0 Å². The highest BCUT2D eigenvalue weighted by atomic mass is 32.2. The van der Waals surface area contributed by atoms with Crippen LogP contribution in [0.15, 0.2) is 23.1 Å². The Balaban J connectivity index is 1.68. The third-order valence-electron chi connectivity index (χ3n) is 5.00. The maximum absolute atomic E-state index is 12.8. The largest absolute Gasteiger partial charge is 0.496 e. The molecule has 9 heteroatoms. The smallest absolute Gasteiger partial charge is 0.243 e. The van der Waals surface area contributed by atoms with Crippen LogP contribution in [0.3, 0.4) is 0 Å². The van der Waals surface area contributed by atoms with Crippen molar-refractivity contribution in [3.05, 3.63) is 23.8 Å². The van der Waals surface area contributed by atoms with Gasteiger partial charge in [0.05, 0.1) is 23.5 Å². The Morgan fingerprint density at radius 2 is 1.84 bits per heavy atom. The lowest BCUT2D eigenvalue weighted by Gasteiger charge is -2.37. The summed E-state index contributed by atoms with van der Waals surface area (Å²) in [5, 5.41) is 0. The molecule has 2 fully saturated rings. The molecule has 2 saturated heterocycles. The van der Waals surface area contributed by atoms with E-state index in [2.05, 4.69) is 4.90 Å². The van der Waals surface area contributed by atoms with E-state index >= 15 is 0 Å². The zero-order valence-corrected chi connectivity index (χ0v) is 16.1. The van der Waals surface area contributed by atoms with Crippen molar-refractivity contribution in [2.45, 2.75) is 24.3 Å². The van der Waals surface area contributed by atoms with Crippen molar-refractivity contribution in [2.24, 2.45) is 0 Å². The lowest BCUT2D eigenvalue weighted by molar-refractivity contribution is 0.148. The molecule has 2 aliphatic rings. The summed E-state index contributed by atoms with van der Waals surface area (Å²) in [5.74, 6) is 1.09. The number of hydrogen-bond donors (Lipinski definition) is 0. The van der Waals surface area contributed by atoms with Gasteiger partial charge in [-0.25, -0.2) is 16.8 Å². The molecule has 3 rings (SSSR count). The molecule has 140 valence electrons. The average Bonchev–Trinajstić information content (AvgIpc) is 2.95. The van der Waals surface area contributed by atoms with Crippen molar-refractivity contribution in [2.75, 3.05) is 44.8 Å². The van der Waals surface area contributed by atoms with Crippen LogP contribution < -0.4 is 4.74 Å². The van der Waals surface area contributed by atoms with Gasteiger partial charge in [-0.1, -0.05) is 0 Å². The summed E-state index contributed by atoms with van der Waals surface area (Å²) in [4.78, 5) is 2.37. The number of nitrogens with zero attached hydrogens (tertiary/aromatic N) is 2. The first-order valence-corrected chi connectivity index (χ1v) is 11.6. The highest BCUT2D eigenvalue weighted by molar-refractivity contribution is 7.91. The molecule has 1 atom stereocenters. The molecule has 0 bridgehead atoms. The van der Waals surface area contributed by atoms with Gasteiger partial charge < -0.3 is 4.74 Å². The quantitative estimate of drug-likeness (QED) is 0.747. The number of sulfone groups is 1. The van der Waals surface area contributed by atoms with Gasteiger partial charge in [0.25, 0.3) is 0 Å². The molecule has 2 aliphatic heterocycles. The predicted molar refractivity (Wildman–Crippen MR) is 95.1 cm³/mol. The molecule has 2 heterocycles. The third-order valence-corrected chi connectivity index (χ3v) is 8.65. The molecule has 0 radical (unpaired) electrons. The molecule has 0 aromatic heterocycles. The molecule has 1 unspecified atom stereocenters. The molecule has 0 amide bonds. The van der Waals surface area contributed by atoms with E-state index in [1.54, 1.807) is 25.3 Å². The summed E-state index contributed by atoms with van der Waals surface area (Å²) in [6, 6.07) is 4.89. The fourth-order valence-electron chi connectivity index (χ4n) is 3.53. The van der Waals surface area contributed by atoms with Gasteiger partial charge in [-0.05, 0) is 37.1 Å². The number of sulfonamides is 1. The Morgan fingerprint density at radius 3 is 2.36 bits per heavy atom. The minimum Gasteiger partial charge on any atom is -0.496 e. The van der Waals surface area contributed by atoms with Gasteiger partial charge in [-0.2, -0.15) is 4.31 Å². The summed E-state index contributed by atoms with van der Waals surface area (Å²) in [7, 11) is -4.92. The van der Waals surface area contributed by atoms with E-state index < -0.39 is 19.9 Å². The number of ether oxygens (including phenoxy) is 1. The van der Waals surface area contributed by atoms with E-state index in [1.165, 1.54) is 4.31 Å². The molecule has 0 spiro atoms. The first-order chi connectivity index (χ1) is 11.7. The normalized spacial score (nSPS) is 25.1. The Labute approximate surface area is 149 Å². The minimum absolute atomic E-state index is 0.0260. The molecule has 1 aromatic rings. The maximum atomic E-state index is 12.8. The van der Waals surface area contributed by atoms with Crippen LogP contribution in [0.2, 0.25) is 0 Å². The first kappa shape index (κ1) is 18.6. The van der Waals surface area contributed by atoms with Crippen LogP contribution in [0.1, 0.15) is 12.0 Å². The second-order valence-corrected chi connectivity index (χ2v) is 10.8. The lowest BCUT2D eigenvalue weighted by atomic mass is 10.2. The van der Waals surface area contributed by atoms with Crippen LogP contribution in [0.25, 0.3) is 0 Å². The van der Waals surface area contributed by atoms with Crippen molar-refractivity contribution in [3.8, 4) is 5.75 Å². The number of piperazine rings is 1. The highest BCUT2D eigenvalue weighted by Crippen LogP contribution is 2.25. The highest BCUT2D eigenvalue weighted by Gasteiger charge is 2.36. The van der Waals surface area contributed by atoms with Crippen LogP contribution in [0, 0.1) is 6.92 Å². The number of methoxy groups -OCH3 is 1. The summed E-state index contributed by atoms with van der Waals surface area (Å²) >= 11 is 0. The SMILES string of the molecule is COc1ccc(S(=O)(=O)N2CCN(C3CCS(=O)(=O)C3)CC2)cc1C. The summed E-state index contributed by atoms with van der Waals surface area (Å²) in [6.45, 7) is 3.70. The number of rotatable bonds is 4. The fourth-order valence-corrected chi connectivity index (χ4v) is 6.80. The Kier molecular flexibility index (Phi) is 5.11. The minimum atomic E-state index is -3.55. The maximum Gasteiger partial charge on any atom is 0.243 e. The number of benzene rings is 1. The fraction of sp³-hybridized carbons (Fsp3) is 0.625. The van der Waals surface area contributed by atoms with Crippen molar-refractivity contribution >= 4 is 19.9 Å². The van der Waals surface area contributed by atoms with Crippen molar-refractivity contribution in [3.63, 3.8) is 0 Å². The molecule has 25 heavy (non-hydrogen) atoms. The zero-order chi connectivity index (χ0) is 18.2. The number of hydrogen-bond acceptors (Lipinski definition) is 6. The van der Waals surface area contributed by atoms with Crippen LogP contribution in [0.4, 0.5) is 0 Å². The van der Waals surface area contributed by atoms with E-state index in [0.29, 0.717) is 38.3 Å². The zero-order valence-electron chi connectivity index (χ0n) is 14.5. The average molecular weight is 389 g/mol. The van der Waals surface area contributed by atoms with Gasteiger partial charge in [0, 0.05) is 32.2 Å². The standard InChI is InChI=1S/C16H24N2O5S2/c1-13-11-15(3-4-16(13)23-2)25(21,22)18-8-6-17(7-9-18)14-5-10-24(19,20)12-14/h3-4,11,14H,5-10,12H2,1-2H3. The second kappa shape index (κ2) is 6.86. The molecule has 0 saturated carbocycles. The van der Waals surface area contributed by atoms with Crippen LogP contribution in [-0.2, 0) is 19.9 Å². The van der Waals surface area contributed by atoms with E-state index in [1.807, 2.05) is 6.92 Å². The van der Waals surface area contributed by atoms with E-state index in [9.17, 15) is 16.8 Å². The summed E-state index contributed by atoms with van der Waals surface area (Å²) in [6.07, 6.45) is 0.646. The first-order valence-electron chi connectivity index (χ1n) is 8.32. The molecule has 0 N–H and O–H groups in total. The summed E-state index contributed by atoms with van der Waals surface area (Å²) in [5.41, 5.74) is 0.776. The van der Waals surface area contributed by atoms with Gasteiger partial charge in [0.1, 0.15) is 5.75 Å². The second-order valence-electron chi connectivity index (χ2n) is 6.63. The molecule has 7 nitrogen and oxygen atoms in total. The van der Waals surface area contributed by atoms with E-state index in [-0.39, 0.29) is 22.4 Å². The Morgan fingerprint density at radius 1 is 1.16 bits per heavy atom. The van der Waals surface area contributed by atoms with Crippen molar-refractivity contribution < 1.29 is 21.6 Å². The van der Waals surface area contributed by atoms with Gasteiger partial charge in [-0.3, -0.25) is 4.90 Å². The van der Waals surface area contributed by atoms with Crippen LogP contribution in [-0.4, -0.2) is 76.9 Å². The number of aryl methyl sites for hydroxylation is 1. The van der Waals surface area contributed by atoms with Gasteiger partial charge in [-0.15, -0.1) is 0 Å². The van der Waals surface area contributed by atoms with Gasteiger partial charge in [0.15, 0.2) is 9.84 Å². The summed E-state index contributed by atoms with van der Waals surface area (Å²) < 4.78 is 55.6. The van der Waals surface area contributed by atoms with Gasteiger partial charge >= 0.3 is 0 Å². The predicted octanol–water partition coefficient (Wildman–Crippen LogP) is 0.497. The van der Waals surface area contributed by atoms with Crippen molar-refractivity contribution in [1.82, 2.24) is 9.21 Å². The van der Waals surface area contributed by atoms with Gasteiger partial charge in [0.2, 0.25) is 10.0 Å². The molecule has 0 aliphatic carbocycles.